The lowest BCUT2D eigenvalue weighted by atomic mass is 10.1. The van der Waals surface area contributed by atoms with Gasteiger partial charge in [0.15, 0.2) is 0 Å². The molecule has 1 atom stereocenters. The van der Waals surface area contributed by atoms with Crippen LogP contribution in [0.1, 0.15) is 18.5 Å². The molecule has 0 unspecified atom stereocenters. The molecule has 1 aliphatic rings. The van der Waals surface area contributed by atoms with Crippen molar-refractivity contribution >= 4 is 5.91 Å². The van der Waals surface area contributed by atoms with Crippen LogP contribution < -0.4 is 5.32 Å². The predicted molar refractivity (Wildman–Crippen MR) is 76.9 cm³/mol. The Bertz CT molecular complexity index is 399. The maximum absolute atomic E-state index is 12.0. The second kappa shape index (κ2) is 6.68. The summed E-state index contributed by atoms with van der Waals surface area (Å²) in [6.07, 6.45) is 0. The van der Waals surface area contributed by atoms with Gasteiger partial charge in [0.25, 0.3) is 0 Å². The van der Waals surface area contributed by atoms with Gasteiger partial charge in [-0.2, -0.15) is 0 Å². The van der Waals surface area contributed by atoms with Gasteiger partial charge in [0.2, 0.25) is 5.91 Å². The van der Waals surface area contributed by atoms with E-state index in [9.17, 15) is 4.79 Å². The zero-order chi connectivity index (χ0) is 13.7. The summed E-state index contributed by atoms with van der Waals surface area (Å²) in [5, 5.41) is 3.06. The van der Waals surface area contributed by atoms with E-state index >= 15 is 0 Å². The number of nitrogens with one attached hydrogen (secondary N) is 1. The molecule has 0 spiro atoms. The standard InChI is InChI=1S/C15H23N3O/c1-13(14-6-4-3-5-7-14)16-15(19)12-18-10-8-17(2)9-11-18/h3-7,13H,8-12H2,1-2H3,(H,16,19)/t13-/m0/s1. The van der Waals surface area contributed by atoms with Crippen molar-refractivity contribution in [1.29, 1.82) is 0 Å². The van der Waals surface area contributed by atoms with Crippen LogP contribution >= 0.6 is 0 Å². The average molecular weight is 261 g/mol. The number of rotatable bonds is 4. The Morgan fingerprint density at radius 1 is 1.21 bits per heavy atom. The van der Waals surface area contributed by atoms with E-state index in [1.165, 1.54) is 0 Å². The molecule has 2 rings (SSSR count). The summed E-state index contributed by atoms with van der Waals surface area (Å²) in [5.41, 5.74) is 1.15. The number of carbonyl (C=O) groups excluding carboxylic acids is 1. The van der Waals surface area contributed by atoms with Crippen LogP contribution in [-0.2, 0) is 4.79 Å². The molecule has 4 heteroatoms. The topological polar surface area (TPSA) is 35.6 Å². The highest BCUT2D eigenvalue weighted by atomic mass is 16.2. The molecule has 1 aliphatic heterocycles. The molecule has 19 heavy (non-hydrogen) atoms. The molecule has 0 aliphatic carbocycles. The summed E-state index contributed by atoms with van der Waals surface area (Å²) in [6, 6.07) is 10.1. The fraction of sp³-hybridized carbons (Fsp3) is 0.533. The van der Waals surface area contributed by atoms with E-state index in [-0.39, 0.29) is 11.9 Å². The van der Waals surface area contributed by atoms with Gasteiger partial charge in [-0.1, -0.05) is 30.3 Å². The van der Waals surface area contributed by atoms with Crippen molar-refractivity contribution in [2.45, 2.75) is 13.0 Å². The number of amides is 1. The van der Waals surface area contributed by atoms with Gasteiger partial charge in [0.1, 0.15) is 0 Å². The van der Waals surface area contributed by atoms with Gasteiger partial charge in [-0.25, -0.2) is 0 Å². The molecule has 0 bridgehead atoms. The quantitative estimate of drug-likeness (QED) is 0.882. The summed E-state index contributed by atoms with van der Waals surface area (Å²) in [5.74, 6) is 0.112. The Kier molecular flexibility index (Phi) is 4.93. The number of hydrogen-bond acceptors (Lipinski definition) is 3. The Balaban J connectivity index is 1.78. The fourth-order valence-corrected chi connectivity index (χ4v) is 2.32. The molecule has 1 N–H and O–H groups in total. The number of benzene rings is 1. The summed E-state index contributed by atoms with van der Waals surface area (Å²) >= 11 is 0. The molecule has 1 heterocycles. The van der Waals surface area contributed by atoms with E-state index in [1.807, 2.05) is 37.3 Å². The highest BCUT2D eigenvalue weighted by Gasteiger charge is 2.17. The average Bonchev–Trinajstić information content (AvgIpc) is 2.42. The van der Waals surface area contributed by atoms with E-state index < -0.39 is 0 Å². The molecule has 1 fully saturated rings. The molecular weight excluding hydrogens is 238 g/mol. The highest BCUT2D eigenvalue weighted by Crippen LogP contribution is 2.10. The molecule has 4 nitrogen and oxygen atoms in total. The zero-order valence-corrected chi connectivity index (χ0v) is 11.8. The van der Waals surface area contributed by atoms with Crippen molar-refractivity contribution in [2.75, 3.05) is 39.8 Å². The molecule has 1 aromatic carbocycles. The Hall–Kier alpha value is -1.39. The first-order valence-corrected chi connectivity index (χ1v) is 6.90. The zero-order valence-electron chi connectivity index (χ0n) is 11.8. The maximum atomic E-state index is 12.0. The molecule has 0 aromatic heterocycles. The van der Waals surface area contributed by atoms with Gasteiger partial charge >= 0.3 is 0 Å². The van der Waals surface area contributed by atoms with Crippen LogP contribution in [0, 0.1) is 0 Å². The summed E-state index contributed by atoms with van der Waals surface area (Å²) in [6.45, 7) is 6.57. The van der Waals surface area contributed by atoms with Gasteiger partial charge in [-0.05, 0) is 19.5 Å². The van der Waals surface area contributed by atoms with Crippen LogP contribution in [0.15, 0.2) is 30.3 Å². The number of nitrogens with zero attached hydrogens (tertiary/aromatic N) is 2. The Morgan fingerprint density at radius 3 is 2.47 bits per heavy atom. The van der Waals surface area contributed by atoms with Crippen LogP contribution in [0.5, 0.6) is 0 Å². The number of likely N-dealkylation sites (N-methyl/N-ethyl adjacent to an activating group) is 1. The van der Waals surface area contributed by atoms with Gasteiger partial charge in [-0.15, -0.1) is 0 Å². The normalized spacial score (nSPS) is 19.1. The maximum Gasteiger partial charge on any atom is 0.234 e. The van der Waals surface area contributed by atoms with Crippen molar-refractivity contribution in [2.24, 2.45) is 0 Å². The molecule has 1 amide bonds. The monoisotopic (exact) mass is 261 g/mol. The summed E-state index contributed by atoms with van der Waals surface area (Å²) in [4.78, 5) is 16.5. The van der Waals surface area contributed by atoms with E-state index in [0.29, 0.717) is 6.54 Å². The first-order chi connectivity index (χ1) is 9.15. The smallest absolute Gasteiger partial charge is 0.234 e. The predicted octanol–water partition coefficient (Wildman–Crippen LogP) is 1.11. The van der Waals surface area contributed by atoms with Crippen LogP contribution in [-0.4, -0.2) is 55.5 Å². The Labute approximate surface area is 115 Å². The molecule has 0 saturated carbocycles. The van der Waals surface area contributed by atoms with E-state index in [2.05, 4.69) is 22.2 Å². The fourth-order valence-electron chi connectivity index (χ4n) is 2.32. The van der Waals surface area contributed by atoms with Crippen molar-refractivity contribution < 1.29 is 4.79 Å². The minimum Gasteiger partial charge on any atom is -0.348 e. The SMILES string of the molecule is C[C@H](NC(=O)CN1CCN(C)CC1)c1ccccc1. The van der Waals surface area contributed by atoms with Crippen molar-refractivity contribution in [1.82, 2.24) is 15.1 Å². The molecule has 0 radical (unpaired) electrons. The second-order valence-electron chi connectivity index (χ2n) is 5.28. The van der Waals surface area contributed by atoms with Gasteiger partial charge in [0.05, 0.1) is 12.6 Å². The van der Waals surface area contributed by atoms with Gasteiger partial charge in [0, 0.05) is 26.2 Å². The largest absolute Gasteiger partial charge is 0.348 e. The van der Waals surface area contributed by atoms with E-state index in [4.69, 9.17) is 0 Å². The van der Waals surface area contributed by atoms with Crippen molar-refractivity contribution in [3.8, 4) is 0 Å². The molecule has 104 valence electrons. The Morgan fingerprint density at radius 2 is 1.84 bits per heavy atom. The third-order valence-corrected chi connectivity index (χ3v) is 3.64. The van der Waals surface area contributed by atoms with Gasteiger partial charge in [-0.3, -0.25) is 9.69 Å². The van der Waals surface area contributed by atoms with E-state index in [0.717, 1.165) is 31.7 Å². The summed E-state index contributed by atoms with van der Waals surface area (Å²) in [7, 11) is 2.12. The van der Waals surface area contributed by atoms with Crippen molar-refractivity contribution in [3.63, 3.8) is 0 Å². The third kappa shape index (κ3) is 4.33. The number of piperazine rings is 1. The number of hydrogen-bond donors (Lipinski definition) is 1. The second-order valence-corrected chi connectivity index (χ2v) is 5.28. The summed E-state index contributed by atoms with van der Waals surface area (Å²) < 4.78 is 0. The van der Waals surface area contributed by atoms with E-state index in [1.54, 1.807) is 0 Å². The van der Waals surface area contributed by atoms with Crippen LogP contribution in [0.2, 0.25) is 0 Å². The molecule has 1 saturated heterocycles. The lowest BCUT2D eigenvalue weighted by Crippen LogP contribution is -2.48. The van der Waals surface area contributed by atoms with Gasteiger partial charge < -0.3 is 10.2 Å². The van der Waals surface area contributed by atoms with Crippen molar-refractivity contribution in [3.05, 3.63) is 35.9 Å². The van der Waals surface area contributed by atoms with Crippen LogP contribution in [0.4, 0.5) is 0 Å². The molecule has 1 aromatic rings. The lowest BCUT2D eigenvalue weighted by molar-refractivity contribution is -0.123. The van der Waals surface area contributed by atoms with Crippen LogP contribution in [0.25, 0.3) is 0 Å². The lowest BCUT2D eigenvalue weighted by Gasteiger charge is -2.32. The molecular formula is C15H23N3O. The minimum atomic E-state index is 0.0705. The third-order valence-electron chi connectivity index (χ3n) is 3.64. The first kappa shape index (κ1) is 14.0. The highest BCUT2D eigenvalue weighted by molar-refractivity contribution is 5.78. The minimum absolute atomic E-state index is 0.0705. The number of carbonyl (C=O) groups is 1. The van der Waals surface area contributed by atoms with Crippen LogP contribution in [0.3, 0.4) is 0 Å². The first-order valence-electron chi connectivity index (χ1n) is 6.90.